The molecule has 23 heavy (non-hydrogen) atoms. The van der Waals surface area contributed by atoms with Crippen molar-refractivity contribution in [2.24, 2.45) is 0 Å². The van der Waals surface area contributed by atoms with Crippen LogP contribution in [0.2, 0.25) is 0 Å². The van der Waals surface area contributed by atoms with Gasteiger partial charge < -0.3 is 10.1 Å². The number of hydrogen-bond donors (Lipinski definition) is 1. The maximum Gasteiger partial charge on any atom is 0.227 e. The van der Waals surface area contributed by atoms with E-state index in [-0.39, 0.29) is 0 Å². The van der Waals surface area contributed by atoms with E-state index in [2.05, 4.69) is 33.6 Å². The van der Waals surface area contributed by atoms with Crippen LogP contribution in [-0.4, -0.2) is 39.8 Å². The van der Waals surface area contributed by atoms with Gasteiger partial charge in [0.2, 0.25) is 5.95 Å². The largest absolute Gasteiger partial charge is 0.383 e. The van der Waals surface area contributed by atoms with Crippen LogP contribution in [0, 0.1) is 0 Å². The smallest absolute Gasteiger partial charge is 0.227 e. The van der Waals surface area contributed by atoms with Gasteiger partial charge in [0, 0.05) is 18.5 Å². The molecule has 4 rings (SSSR count). The maximum atomic E-state index is 5.07. The van der Waals surface area contributed by atoms with Gasteiger partial charge in [0.05, 0.1) is 12.0 Å². The minimum Gasteiger partial charge on any atom is -0.383 e. The summed E-state index contributed by atoms with van der Waals surface area (Å²) < 4.78 is 6.81. The Morgan fingerprint density at radius 3 is 2.96 bits per heavy atom. The minimum atomic E-state index is 0.607. The first-order chi connectivity index (χ1) is 11.4. The third-order valence-corrected chi connectivity index (χ3v) is 4.63. The predicted molar refractivity (Wildman–Crippen MR) is 92.0 cm³/mol. The lowest BCUT2D eigenvalue weighted by Gasteiger charge is -2.06. The lowest BCUT2D eigenvalue weighted by Crippen LogP contribution is -2.12. The molecule has 0 atom stereocenters. The number of hydrogen-bond acceptors (Lipinski definition) is 6. The molecule has 1 N–H and O–H groups in total. The van der Waals surface area contributed by atoms with Gasteiger partial charge in [-0.15, -0.1) is 11.3 Å². The molecule has 0 amide bonds. The summed E-state index contributed by atoms with van der Waals surface area (Å²) in [5, 5.41) is 8.54. The first kappa shape index (κ1) is 14.1. The Kier molecular flexibility index (Phi) is 3.64. The van der Waals surface area contributed by atoms with Crippen molar-refractivity contribution < 1.29 is 4.74 Å². The van der Waals surface area contributed by atoms with Gasteiger partial charge in [0.25, 0.3) is 0 Å². The third kappa shape index (κ3) is 2.54. The normalized spacial score (nSPS) is 11.3. The summed E-state index contributed by atoms with van der Waals surface area (Å²) in [5.74, 6) is 0.684. The van der Waals surface area contributed by atoms with Crippen LogP contribution in [0.1, 0.15) is 0 Å². The second-order valence-corrected chi connectivity index (χ2v) is 6.08. The molecule has 0 radical (unpaired) electrons. The molecule has 0 aliphatic carbocycles. The van der Waals surface area contributed by atoms with E-state index in [4.69, 9.17) is 9.72 Å². The number of ether oxygens (including phenoxy) is 1. The van der Waals surface area contributed by atoms with Crippen LogP contribution in [0.4, 0.5) is 5.95 Å². The van der Waals surface area contributed by atoms with Crippen LogP contribution in [0.15, 0.2) is 42.7 Å². The molecule has 7 heteroatoms. The highest BCUT2D eigenvalue weighted by atomic mass is 32.1. The molecule has 4 aromatic rings. The number of aromatic nitrogens is 4. The minimum absolute atomic E-state index is 0.607. The number of anilines is 1. The molecule has 3 heterocycles. The van der Waals surface area contributed by atoms with Gasteiger partial charge in [0.1, 0.15) is 11.2 Å². The van der Waals surface area contributed by atoms with Crippen molar-refractivity contribution in [2.45, 2.75) is 0 Å². The Labute approximate surface area is 136 Å². The van der Waals surface area contributed by atoms with Gasteiger partial charge in [-0.05, 0) is 11.6 Å². The van der Waals surface area contributed by atoms with Crippen LogP contribution in [-0.2, 0) is 4.74 Å². The van der Waals surface area contributed by atoms with E-state index in [1.54, 1.807) is 29.3 Å². The van der Waals surface area contributed by atoms with Crippen LogP contribution in [0.3, 0.4) is 0 Å². The molecular weight excluding hydrogens is 310 g/mol. The first-order valence-electron chi connectivity index (χ1n) is 7.28. The van der Waals surface area contributed by atoms with Crippen molar-refractivity contribution in [3.05, 3.63) is 42.7 Å². The van der Waals surface area contributed by atoms with E-state index in [0.717, 1.165) is 15.9 Å². The van der Waals surface area contributed by atoms with E-state index >= 15 is 0 Å². The van der Waals surface area contributed by atoms with Gasteiger partial charge in [-0.1, -0.05) is 30.3 Å². The van der Waals surface area contributed by atoms with Crippen molar-refractivity contribution in [2.75, 3.05) is 25.6 Å². The highest BCUT2D eigenvalue weighted by Gasteiger charge is 2.14. The number of benzene rings is 1. The molecule has 0 saturated heterocycles. The Morgan fingerprint density at radius 2 is 2.13 bits per heavy atom. The molecule has 0 spiro atoms. The summed E-state index contributed by atoms with van der Waals surface area (Å²) in [4.78, 5) is 11.2. The molecule has 0 saturated carbocycles. The molecule has 0 aliphatic heterocycles. The molecule has 1 aromatic carbocycles. The van der Waals surface area contributed by atoms with Gasteiger partial charge in [-0.3, -0.25) is 0 Å². The van der Waals surface area contributed by atoms with E-state index in [0.29, 0.717) is 19.1 Å². The summed E-state index contributed by atoms with van der Waals surface area (Å²) in [6.07, 6.45) is 1.55. The van der Waals surface area contributed by atoms with Crippen molar-refractivity contribution in [3.8, 4) is 10.4 Å². The predicted octanol–water partition coefficient (Wildman–Crippen LogP) is 3.06. The zero-order valence-electron chi connectivity index (χ0n) is 12.6. The first-order valence-corrected chi connectivity index (χ1v) is 8.10. The van der Waals surface area contributed by atoms with Crippen molar-refractivity contribution in [1.29, 1.82) is 0 Å². The highest BCUT2D eigenvalue weighted by Crippen LogP contribution is 2.34. The molecule has 0 unspecified atom stereocenters. The number of fused-ring (bicyclic) bond motifs is 3. The maximum absolute atomic E-state index is 5.07. The Balaban J connectivity index is 1.84. The Hall–Kier alpha value is -2.51. The van der Waals surface area contributed by atoms with E-state index < -0.39 is 0 Å². The van der Waals surface area contributed by atoms with Gasteiger partial charge in [-0.25, -0.2) is 9.97 Å². The number of rotatable bonds is 5. The van der Waals surface area contributed by atoms with Gasteiger partial charge >= 0.3 is 0 Å². The van der Waals surface area contributed by atoms with Crippen molar-refractivity contribution >= 4 is 33.1 Å². The van der Waals surface area contributed by atoms with E-state index in [1.807, 2.05) is 18.2 Å². The molecule has 116 valence electrons. The van der Waals surface area contributed by atoms with Crippen LogP contribution in [0.25, 0.3) is 26.3 Å². The van der Waals surface area contributed by atoms with Crippen LogP contribution in [0.5, 0.6) is 0 Å². The summed E-state index contributed by atoms with van der Waals surface area (Å²) in [6.45, 7) is 1.27. The summed E-state index contributed by atoms with van der Waals surface area (Å²) in [5.41, 5.74) is 2.00. The van der Waals surface area contributed by atoms with Crippen molar-refractivity contribution in [3.63, 3.8) is 0 Å². The molecule has 6 nitrogen and oxygen atoms in total. The Bertz CT molecular complexity index is 947. The van der Waals surface area contributed by atoms with Gasteiger partial charge in [-0.2, -0.15) is 9.61 Å². The SMILES string of the molecule is COCCNc1nc2sc(-c3ccccc3)cc2c2ncnn12. The molecule has 3 aromatic heterocycles. The second kappa shape index (κ2) is 5.94. The number of nitrogens with zero attached hydrogens (tertiary/aromatic N) is 4. The Morgan fingerprint density at radius 1 is 1.26 bits per heavy atom. The lowest BCUT2D eigenvalue weighted by atomic mass is 10.2. The lowest BCUT2D eigenvalue weighted by molar-refractivity contribution is 0.210. The highest BCUT2D eigenvalue weighted by molar-refractivity contribution is 7.22. The standard InChI is InChI=1S/C16H15N5OS/c1-22-8-7-17-16-20-15-12(14-18-10-19-21(14)16)9-13(23-15)11-5-3-2-4-6-11/h2-6,9-10H,7-8H2,1H3,(H,17,20). The molecule has 0 aliphatic rings. The summed E-state index contributed by atoms with van der Waals surface area (Å²) in [7, 11) is 1.68. The molecular formula is C16H15N5OS. The van der Waals surface area contributed by atoms with Crippen LogP contribution >= 0.6 is 11.3 Å². The fraction of sp³-hybridized carbons (Fsp3) is 0.188. The van der Waals surface area contributed by atoms with Crippen LogP contribution < -0.4 is 5.32 Å². The average molecular weight is 325 g/mol. The molecule has 0 fully saturated rings. The fourth-order valence-electron chi connectivity index (χ4n) is 2.47. The molecule has 0 bridgehead atoms. The fourth-order valence-corrected chi connectivity index (χ4v) is 3.50. The number of nitrogens with one attached hydrogen (secondary N) is 1. The van der Waals surface area contributed by atoms with E-state index in [1.165, 1.54) is 10.4 Å². The zero-order chi connectivity index (χ0) is 15.6. The number of methoxy groups -OCH3 is 1. The second-order valence-electron chi connectivity index (χ2n) is 5.05. The topological polar surface area (TPSA) is 64.3 Å². The average Bonchev–Trinajstić information content (AvgIpc) is 3.22. The third-order valence-electron chi connectivity index (χ3n) is 3.56. The van der Waals surface area contributed by atoms with Crippen molar-refractivity contribution in [1.82, 2.24) is 19.6 Å². The monoisotopic (exact) mass is 325 g/mol. The summed E-state index contributed by atoms with van der Waals surface area (Å²) in [6, 6.07) is 12.4. The van der Waals surface area contributed by atoms with Gasteiger partial charge in [0.15, 0.2) is 5.65 Å². The quantitative estimate of drug-likeness (QED) is 0.571. The summed E-state index contributed by atoms with van der Waals surface area (Å²) >= 11 is 1.66. The van der Waals surface area contributed by atoms with E-state index in [9.17, 15) is 0 Å². The zero-order valence-corrected chi connectivity index (χ0v) is 13.4. The number of thiophene rings is 1.